The number of aromatic nitrogens is 1. The fourth-order valence-electron chi connectivity index (χ4n) is 6.89. The molecule has 0 aliphatic carbocycles. The van der Waals surface area contributed by atoms with Crippen LogP contribution in [0.5, 0.6) is 0 Å². The number of thiophene rings is 2. The van der Waals surface area contributed by atoms with Crippen molar-refractivity contribution < 1.29 is 0 Å². The van der Waals surface area contributed by atoms with Crippen LogP contribution in [0, 0.1) is 0 Å². The van der Waals surface area contributed by atoms with E-state index in [1.165, 1.54) is 56.2 Å². The minimum atomic E-state index is 1.03. The topological polar surface area (TPSA) is 16.1 Å². The minimum Gasteiger partial charge on any atom is -0.309 e. The Balaban J connectivity index is 1.19. The van der Waals surface area contributed by atoms with Gasteiger partial charge in [-0.3, -0.25) is 0 Å². The molecule has 0 unspecified atom stereocenters. The molecular weight excluding hydrogens is 641 g/mol. The van der Waals surface area contributed by atoms with E-state index in [1.807, 2.05) is 22.7 Å². The molecule has 3 aromatic heterocycles. The molecule has 0 fully saturated rings. The molecule has 5 heteroatoms. The molecule has 3 heterocycles. The van der Waals surface area contributed by atoms with Crippen molar-refractivity contribution in [3.8, 4) is 21.7 Å². The smallest absolute Gasteiger partial charge is 0.124 e. The Kier molecular flexibility index (Phi) is 6.44. The Morgan fingerprint density at radius 3 is 1.85 bits per heavy atom. The second-order valence-corrected chi connectivity index (χ2v) is 15.0. The lowest BCUT2D eigenvalue weighted by Crippen LogP contribution is -2.10. The summed E-state index contributed by atoms with van der Waals surface area (Å²) in [6.45, 7) is 0. The number of hydrogen-bond donors (Lipinski definition) is 0. The molecule has 2 nitrogen and oxygen atoms in total. The molecule has 48 heavy (non-hydrogen) atoms. The lowest BCUT2D eigenvalue weighted by molar-refractivity contribution is 1.30. The summed E-state index contributed by atoms with van der Waals surface area (Å²) in [6.07, 6.45) is 0. The first-order valence-electron chi connectivity index (χ1n) is 16.0. The highest BCUT2D eigenvalue weighted by molar-refractivity contribution is 7.28. The summed E-state index contributed by atoms with van der Waals surface area (Å²) < 4.78 is 6.46. The Morgan fingerprint density at radius 2 is 1.06 bits per heavy atom. The van der Waals surface area contributed by atoms with Gasteiger partial charge in [0.05, 0.1) is 20.6 Å². The number of thiazole rings is 1. The Labute approximate surface area is 289 Å². The quantitative estimate of drug-likeness (QED) is 0.182. The second kappa shape index (κ2) is 11.1. The zero-order chi connectivity index (χ0) is 31.6. The summed E-state index contributed by atoms with van der Waals surface area (Å²) in [7, 11) is 0. The number of anilines is 3. The predicted molar refractivity (Wildman–Crippen MR) is 211 cm³/mol. The summed E-state index contributed by atoms with van der Waals surface area (Å²) in [4.78, 5) is 7.65. The molecule has 0 saturated heterocycles. The standard InChI is InChI=1S/C43H26N2S3/c1-3-12-28(13-4-1)43-44-35-26-36(42-39(41(35)48-43)34-17-8-10-21-38(34)47-42)45(29-14-5-2-6-15-29)30-24-22-27(23-25-30)31-18-11-19-33-32-16-7-9-20-37(32)46-40(31)33/h1-26H. The number of hydrogen-bond acceptors (Lipinski definition) is 5. The fourth-order valence-corrected chi connectivity index (χ4v) is 10.5. The summed E-state index contributed by atoms with van der Waals surface area (Å²) >= 11 is 5.54. The SMILES string of the molecule is c1ccc(-c2nc3cc(N(c4ccccc4)c4ccc(-c5cccc6c5sc5ccccc56)cc4)c4sc5ccccc5c4c3s2)cc1. The van der Waals surface area contributed by atoms with Gasteiger partial charge in [-0.2, -0.15) is 0 Å². The van der Waals surface area contributed by atoms with Gasteiger partial charge in [-0.15, -0.1) is 34.0 Å². The van der Waals surface area contributed by atoms with Gasteiger partial charge in [0.25, 0.3) is 0 Å². The fraction of sp³-hybridized carbons (Fsp3) is 0. The largest absolute Gasteiger partial charge is 0.309 e. The highest BCUT2D eigenvalue weighted by atomic mass is 32.1. The second-order valence-electron chi connectivity index (χ2n) is 11.9. The molecule has 226 valence electrons. The van der Waals surface area contributed by atoms with Crippen molar-refractivity contribution >= 4 is 102 Å². The van der Waals surface area contributed by atoms with Gasteiger partial charge in [-0.05, 0) is 53.6 Å². The molecule has 0 spiro atoms. The first kappa shape index (κ1) is 27.8. The van der Waals surface area contributed by atoms with Crippen LogP contribution in [0.4, 0.5) is 17.1 Å². The van der Waals surface area contributed by atoms with Gasteiger partial charge in [-0.25, -0.2) is 4.98 Å². The van der Waals surface area contributed by atoms with Crippen LogP contribution in [0.15, 0.2) is 158 Å². The van der Waals surface area contributed by atoms with E-state index < -0.39 is 0 Å². The number of nitrogens with zero attached hydrogens (tertiary/aromatic N) is 2. The normalized spacial score (nSPS) is 11.8. The van der Waals surface area contributed by atoms with Crippen LogP contribution in [0.1, 0.15) is 0 Å². The van der Waals surface area contributed by atoms with Crippen LogP contribution in [0.3, 0.4) is 0 Å². The van der Waals surface area contributed by atoms with Gasteiger partial charge < -0.3 is 4.90 Å². The average Bonchev–Trinajstić information content (AvgIpc) is 3.86. The number of fused-ring (bicyclic) bond motifs is 8. The van der Waals surface area contributed by atoms with Gasteiger partial charge in [-0.1, -0.05) is 115 Å². The van der Waals surface area contributed by atoms with Crippen molar-refractivity contribution in [2.75, 3.05) is 4.90 Å². The molecule has 10 aromatic rings. The van der Waals surface area contributed by atoms with Gasteiger partial charge in [0.15, 0.2) is 0 Å². The molecule has 0 amide bonds. The minimum absolute atomic E-state index is 1.03. The maximum absolute atomic E-state index is 5.25. The predicted octanol–water partition coefficient (Wildman–Crippen LogP) is 13.8. The summed E-state index contributed by atoms with van der Waals surface area (Å²) in [5.74, 6) is 0. The van der Waals surface area contributed by atoms with Crippen LogP contribution in [-0.2, 0) is 0 Å². The number of benzene rings is 7. The van der Waals surface area contributed by atoms with E-state index in [0.717, 1.165) is 33.1 Å². The van der Waals surface area contributed by atoms with E-state index in [1.54, 1.807) is 11.3 Å². The van der Waals surface area contributed by atoms with Crippen LogP contribution < -0.4 is 4.90 Å². The van der Waals surface area contributed by atoms with Crippen molar-refractivity contribution in [1.29, 1.82) is 0 Å². The molecule has 0 radical (unpaired) electrons. The summed E-state index contributed by atoms with van der Waals surface area (Å²) in [5, 5.41) is 6.27. The lowest BCUT2D eigenvalue weighted by Gasteiger charge is -2.26. The van der Waals surface area contributed by atoms with Crippen LogP contribution in [0.2, 0.25) is 0 Å². The third-order valence-electron chi connectivity index (χ3n) is 9.10. The molecule has 0 saturated carbocycles. The zero-order valence-corrected chi connectivity index (χ0v) is 28.1. The zero-order valence-electron chi connectivity index (χ0n) is 25.6. The highest BCUT2D eigenvalue weighted by Gasteiger charge is 2.23. The molecule has 0 bridgehead atoms. The van der Waals surface area contributed by atoms with Gasteiger partial charge in [0.1, 0.15) is 5.01 Å². The van der Waals surface area contributed by atoms with E-state index in [4.69, 9.17) is 4.98 Å². The molecular formula is C43H26N2S3. The average molecular weight is 667 g/mol. The Hall–Kier alpha value is -5.33. The lowest BCUT2D eigenvalue weighted by atomic mass is 10.0. The molecule has 7 aromatic carbocycles. The van der Waals surface area contributed by atoms with Gasteiger partial charge >= 0.3 is 0 Å². The van der Waals surface area contributed by atoms with E-state index in [9.17, 15) is 0 Å². The van der Waals surface area contributed by atoms with Crippen molar-refractivity contribution in [2.45, 2.75) is 0 Å². The highest BCUT2D eigenvalue weighted by Crippen LogP contribution is 2.50. The Morgan fingerprint density at radius 1 is 0.438 bits per heavy atom. The third-order valence-corrected chi connectivity index (χ3v) is 12.6. The van der Waals surface area contributed by atoms with Crippen LogP contribution in [-0.4, -0.2) is 4.98 Å². The van der Waals surface area contributed by atoms with E-state index in [-0.39, 0.29) is 0 Å². The van der Waals surface area contributed by atoms with Crippen LogP contribution >= 0.6 is 34.0 Å². The monoisotopic (exact) mass is 666 g/mol. The van der Waals surface area contributed by atoms with Crippen molar-refractivity contribution in [2.24, 2.45) is 0 Å². The third kappa shape index (κ3) is 4.40. The maximum atomic E-state index is 5.25. The van der Waals surface area contributed by atoms with E-state index in [2.05, 4.69) is 163 Å². The first-order valence-corrected chi connectivity index (χ1v) is 18.4. The summed E-state index contributed by atoms with van der Waals surface area (Å²) in [5.41, 5.74) is 8.05. The molecule has 0 atom stereocenters. The van der Waals surface area contributed by atoms with Crippen molar-refractivity contribution in [3.05, 3.63) is 158 Å². The molecule has 0 N–H and O–H groups in total. The van der Waals surface area contributed by atoms with Gasteiger partial charge in [0, 0.05) is 52.6 Å². The molecule has 0 aliphatic heterocycles. The molecule has 0 aliphatic rings. The molecule has 10 rings (SSSR count). The number of para-hydroxylation sites is 1. The Bertz CT molecular complexity index is 2770. The van der Waals surface area contributed by atoms with E-state index in [0.29, 0.717) is 0 Å². The van der Waals surface area contributed by atoms with Crippen molar-refractivity contribution in [3.63, 3.8) is 0 Å². The summed E-state index contributed by atoms with van der Waals surface area (Å²) in [6, 6.07) is 56.9. The van der Waals surface area contributed by atoms with Crippen molar-refractivity contribution in [1.82, 2.24) is 4.98 Å². The van der Waals surface area contributed by atoms with Gasteiger partial charge in [0.2, 0.25) is 0 Å². The number of rotatable bonds is 5. The van der Waals surface area contributed by atoms with Crippen LogP contribution in [0.25, 0.3) is 72.3 Å². The maximum Gasteiger partial charge on any atom is 0.124 e. The van der Waals surface area contributed by atoms with E-state index >= 15 is 0 Å². The first-order chi connectivity index (χ1) is 23.8.